The zero-order chi connectivity index (χ0) is 18.1. The standard InChI is InChI=1S/C15H15ClF3N3O3/c16-12-2-1-10(9-11(12)15(17,18)19)21-13(23)24-22-7-4-14(5-8-22)3-6-20-25-14/h1-3,6,9,20H,4-5,7-8H2,(H,21,23). The van der Waals surface area contributed by atoms with Gasteiger partial charge >= 0.3 is 12.3 Å². The third-order valence-corrected chi connectivity index (χ3v) is 4.35. The number of alkyl halides is 3. The highest BCUT2D eigenvalue weighted by Crippen LogP contribution is 2.36. The molecule has 136 valence electrons. The Hall–Kier alpha value is -1.97. The van der Waals surface area contributed by atoms with Crippen LogP contribution in [0.3, 0.4) is 0 Å². The van der Waals surface area contributed by atoms with Gasteiger partial charge in [0.2, 0.25) is 0 Å². The second-order valence-electron chi connectivity index (χ2n) is 5.74. The van der Waals surface area contributed by atoms with E-state index >= 15 is 0 Å². The van der Waals surface area contributed by atoms with Crippen LogP contribution in [0, 0.1) is 0 Å². The molecule has 6 nitrogen and oxygen atoms in total. The topological polar surface area (TPSA) is 62.8 Å². The van der Waals surface area contributed by atoms with E-state index in [1.54, 1.807) is 6.20 Å². The van der Waals surface area contributed by atoms with E-state index in [0.717, 1.165) is 12.1 Å². The van der Waals surface area contributed by atoms with Gasteiger partial charge in [-0.15, -0.1) is 5.06 Å². The minimum atomic E-state index is -4.61. The normalized spacial score (nSPS) is 19.7. The van der Waals surface area contributed by atoms with E-state index < -0.39 is 28.5 Å². The van der Waals surface area contributed by atoms with Crippen molar-refractivity contribution in [2.45, 2.75) is 24.6 Å². The van der Waals surface area contributed by atoms with Gasteiger partial charge in [0.15, 0.2) is 0 Å². The number of rotatable bonds is 2. The third-order valence-electron chi connectivity index (χ3n) is 4.02. The van der Waals surface area contributed by atoms with Crippen LogP contribution in [-0.2, 0) is 15.9 Å². The van der Waals surface area contributed by atoms with Gasteiger partial charge < -0.3 is 4.84 Å². The van der Waals surface area contributed by atoms with E-state index in [1.807, 2.05) is 6.08 Å². The van der Waals surface area contributed by atoms with Crippen molar-refractivity contribution >= 4 is 23.4 Å². The van der Waals surface area contributed by atoms with E-state index in [0.29, 0.717) is 25.9 Å². The number of anilines is 1. The number of nitrogens with one attached hydrogen (secondary N) is 2. The molecule has 25 heavy (non-hydrogen) atoms. The zero-order valence-corrected chi connectivity index (χ0v) is 13.7. The molecule has 10 heteroatoms. The number of hydroxylamine groups is 3. The Kier molecular flexibility index (Phi) is 4.81. The fraction of sp³-hybridized carbons (Fsp3) is 0.400. The van der Waals surface area contributed by atoms with E-state index in [2.05, 4.69) is 10.8 Å². The number of hydrogen-bond donors (Lipinski definition) is 2. The summed E-state index contributed by atoms with van der Waals surface area (Å²) in [6.07, 6.45) is -0.625. The molecule has 0 aliphatic carbocycles. The molecule has 0 aromatic heterocycles. The average Bonchev–Trinajstić information content (AvgIpc) is 2.99. The molecule has 0 bridgehead atoms. The van der Waals surface area contributed by atoms with Gasteiger partial charge in [0.1, 0.15) is 5.60 Å². The maximum atomic E-state index is 12.8. The van der Waals surface area contributed by atoms with Crippen LogP contribution in [0.1, 0.15) is 18.4 Å². The molecule has 3 rings (SSSR count). The highest BCUT2D eigenvalue weighted by Gasteiger charge is 2.37. The molecular weight excluding hydrogens is 363 g/mol. The maximum Gasteiger partial charge on any atom is 0.430 e. The average molecular weight is 378 g/mol. The molecule has 1 amide bonds. The van der Waals surface area contributed by atoms with Gasteiger partial charge in [-0.05, 0) is 37.1 Å². The summed E-state index contributed by atoms with van der Waals surface area (Å²) >= 11 is 5.54. The number of carbonyl (C=O) groups is 1. The van der Waals surface area contributed by atoms with Crippen molar-refractivity contribution in [2.75, 3.05) is 18.4 Å². The maximum absolute atomic E-state index is 12.8. The van der Waals surface area contributed by atoms with Crippen molar-refractivity contribution in [3.05, 3.63) is 41.1 Å². The smallest absolute Gasteiger partial charge is 0.351 e. The molecular formula is C15H15ClF3N3O3. The molecule has 0 atom stereocenters. The van der Waals surface area contributed by atoms with Crippen LogP contribution >= 0.6 is 11.6 Å². The van der Waals surface area contributed by atoms with Crippen LogP contribution in [-0.4, -0.2) is 29.8 Å². The highest BCUT2D eigenvalue weighted by atomic mass is 35.5. The van der Waals surface area contributed by atoms with Crippen LogP contribution in [0.25, 0.3) is 0 Å². The molecule has 2 aliphatic heterocycles. The van der Waals surface area contributed by atoms with Gasteiger partial charge in [0.25, 0.3) is 0 Å². The largest absolute Gasteiger partial charge is 0.430 e. The molecule has 2 heterocycles. The van der Waals surface area contributed by atoms with Crippen molar-refractivity contribution in [1.82, 2.24) is 10.5 Å². The Labute approximate surface area is 146 Å². The second-order valence-corrected chi connectivity index (χ2v) is 6.15. The SMILES string of the molecule is O=C(Nc1ccc(Cl)c(C(F)(F)F)c1)ON1CCC2(C=CNO2)CC1. The van der Waals surface area contributed by atoms with Crippen LogP contribution in [0.15, 0.2) is 30.5 Å². The fourth-order valence-corrected chi connectivity index (χ4v) is 2.90. The Balaban J connectivity index is 1.56. The third kappa shape index (κ3) is 4.17. The summed E-state index contributed by atoms with van der Waals surface area (Å²) in [5.74, 6) is 0. The minimum absolute atomic E-state index is 0.0542. The first-order valence-electron chi connectivity index (χ1n) is 7.49. The molecule has 0 radical (unpaired) electrons. The number of nitrogens with zero attached hydrogens (tertiary/aromatic N) is 1. The Morgan fingerprint density at radius 1 is 1.36 bits per heavy atom. The summed E-state index contributed by atoms with van der Waals surface area (Å²) in [5.41, 5.74) is 1.20. The first kappa shape index (κ1) is 17.8. The summed E-state index contributed by atoms with van der Waals surface area (Å²) in [5, 5.41) is 3.27. The van der Waals surface area contributed by atoms with Crippen molar-refractivity contribution in [1.29, 1.82) is 0 Å². The minimum Gasteiger partial charge on any atom is -0.351 e. The van der Waals surface area contributed by atoms with Crippen molar-refractivity contribution in [3.8, 4) is 0 Å². The van der Waals surface area contributed by atoms with Crippen molar-refractivity contribution < 1.29 is 27.6 Å². The summed E-state index contributed by atoms with van der Waals surface area (Å²) in [7, 11) is 0. The first-order chi connectivity index (χ1) is 11.8. The van der Waals surface area contributed by atoms with Crippen molar-refractivity contribution in [2.24, 2.45) is 0 Å². The molecule has 1 aromatic rings. The predicted octanol–water partition coefficient (Wildman–Crippen LogP) is 3.71. The number of carbonyl (C=O) groups excluding carboxylic acids is 1. The summed E-state index contributed by atoms with van der Waals surface area (Å²) in [6, 6.07) is 3.10. The number of halogens is 4. The molecule has 1 aromatic carbocycles. The number of piperidine rings is 1. The number of benzene rings is 1. The second kappa shape index (κ2) is 6.74. The van der Waals surface area contributed by atoms with Gasteiger partial charge in [-0.1, -0.05) is 11.6 Å². The first-order valence-corrected chi connectivity index (χ1v) is 7.87. The quantitative estimate of drug-likeness (QED) is 0.822. The van der Waals surface area contributed by atoms with Crippen LogP contribution in [0.5, 0.6) is 0 Å². The predicted molar refractivity (Wildman–Crippen MR) is 83.5 cm³/mol. The molecule has 1 saturated heterocycles. The van der Waals surface area contributed by atoms with Gasteiger partial charge in [0, 0.05) is 25.0 Å². The molecule has 2 N–H and O–H groups in total. The van der Waals surface area contributed by atoms with Gasteiger partial charge in [-0.2, -0.15) is 13.2 Å². The lowest BCUT2D eigenvalue weighted by atomic mass is 9.93. The van der Waals surface area contributed by atoms with Crippen molar-refractivity contribution in [3.63, 3.8) is 0 Å². The molecule has 1 fully saturated rings. The molecule has 1 spiro atoms. The summed E-state index contributed by atoms with van der Waals surface area (Å²) in [6.45, 7) is 0.877. The van der Waals surface area contributed by atoms with E-state index in [9.17, 15) is 18.0 Å². The number of amides is 1. The Morgan fingerprint density at radius 2 is 2.08 bits per heavy atom. The van der Waals surface area contributed by atoms with Crippen LogP contribution < -0.4 is 10.8 Å². The monoisotopic (exact) mass is 377 g/mol. The van der Waals surface area contributed by atoms with E-state index in [4.69, 9.17) is 21.3 Å². The van der Waals surface area contributed by atoms with E-state index in [1.165, 1.54) is 11.1 Å². The summed E-state index contributed by atoms with van der Waals surface area (Å²) < 4.78 is 38.5. The lowest BCUT2D eigenvalue weighted by Gasteiger charge is -2.35. The van der Waals surface area contributed by atoms with Gasteiger partial charge in [-0.25, -0.2) is 4.79 Å². The number of hydrogen-bond acceptors (Lipinski definition) is 5. The Morgan fingerprint density at radius 3 is 2.68 bits per heavy atom. The van der Waals surface area contributed by atoms with Gasteiger partial charge in [-0.3, -0.25) is 15.6 Å². The van der Waals surface area contributed by atoms with Gasteiger partial charge in [0.05, 0.1) is 10.6 Å². The summed E-state index contributed by atoms with van der Waals surface area (Å²) in [4.78, 5) is 22.4. The Bertz CT molecular complexity index is 688. The lowest BCUT2D eigenvalue weighted by molar-refractivity contribution is -0.154. The van der Waals surface area contributed by atoms with Crippen LogP contribution in [0.4, 0.5) is 23.7 Å². The molecule has 0 saturated carbocycles. The fourth-order valence-electron chi connectivity index (χ4n) is 2.67. The molecule has 0 unspecified atom stereocenters. The van der Waals surface area contributed by atoms with Crippen LogP contribution in [0.2, 0.25) is 5.02 Å². The highest BCUT2D eigenvalue weighted by molar-refractivity contribution is 6.31. The zero-order valence-electron chi connectivity index (χ0n) is 12.9. The lowest BCUT2D eigenvalue weighted by Crippen LogP contribution is -2.45. The van der Waals surface area contributed by atoms with E-state index in [-0.39, 0.29) is 5.69 Å². The molecule has 2 aliphatic rings.